The van der Waals surface area contributed by atoms with Crippen molar-refractivity contribution in [3.05, 3.63) is 23.9 Å². The molecule has 0 aliphatic heterocycles. The van der Waals surface area contributed by atoms with Gasteiger partial charge in [0, 0.05) is 25.2 Å². The summed E-state index contributed by atoms with van der Waals surface area (Å²) >= 11 is 0. The molecule has 0 spiro atoms. The predicted octanol–water partition coefficient (Wildman–Crippen LogP) is 0.626. The predicted molar refractivity (Wildman–Crippen MR) is 60.8 cm³/mol. The van der Waals surface area contributed by atoms with Crippen molar-refractivity contribution in [2.45, 2.75) is 25.3 Å². The van der Waals surface area contributed by atoms with E-state index in [4.69, 9.17) is 5.73 Å². The molecule has 1 aliphatic carbocycles. The Morgan fingerprint density at radius 3 is 3.19 bits per heavy atom. The van der Waals surface area contributed by atoms with Crippen LogP contribution in [0, 0.1) is 0 Å². The van der Waals surface area contributed by atoms with Crippen LogP contribution in [0.15, 0.2) is 12.5 Å². The van der Waals surface area contributed by atoms with E-state index in [1.807, 2.05) is 17.8 Å². The summed E-state index contributed by atoms with van der Waals surface area (Å²) in [7, 11) is 1.97. The average molecular weight is 217 g/mol. The third-order valence-electron chi connectivity index (χ3n) is 3.14. The highest BCUT2D eigenvalue weighted by atomic mass is 15.1. The van der Waals surface area contributed by atoms with Gasteiger partial charge in [-0.1, -0.05) is 0 Å². The van der Waals surface area contributed by atoms with E-state index < -0.39 is 0 Å². The molecule has 16 heavy (non-hydrogen) atoms. The first-order chi connectivity index (χ1) is 7.74. The maximum absolute atomic E-state index is 5.94. The molecule has 0 bridgehead atoms. The number of hydrogen-bond donors (Lipinski definition) is 2. The molecule has 3 rings (SSSR count). The summed E-state index contributed by atoms with van der Waals surface area (Å²) < 4.78 is 1.96. The van der Waals surface area contributed by atoms with Crippen LogP contribution >= 0.6 is 0 Å². The van der Waals surface area contributed by atoms with Gasteiger partial charge in [-0.05, 0) is 12.8 Å². The Balaban J connectivity index is 2.02. The fourth-order valence-corrected chi connectivity index (χ4v) is 2.21. The number of rotatable bonds is 1. The van der Waals surface area contributed by atoms with Crippen molar-refractivity contribution in [3.8, 4) is 11.5 Å². The van der Waals surface area contributed by atoms with E-state index in [1.165, 1.54) is 5.69 Å². The molecule has 0 amide bonds. The number of nitrogens with one attached hydrogen (secondary N) is 1. The lowest BCUT2D eigenvalue weighted by molar-refractivity contribution is 0.565. The fraction of sp³-hybridized carbons (Fsp3) is 0.455. The minimum Gasteiger partial charge on any atom is -0.340 e. The summed E-state index contributed by atoms with van der Waals surface area (Å²) in [6.07, 6.45) is 6.51. The quantitative estimate of drug-likeness (QED) is 0.735. The topological polar surface area (TPSA) is 72.5 Å². The molecular weight excluding hydrogens is 202 g/mol. The van der Waals surface area contributed by atoms with E-state index in [9.17, 15) is 0 Å². The van der Waals surface area contributed by atoms with Crippen LogP contribution in [0.4, 0.5) is 0 Å². The summed E-state index contributed by atoms with van der Waals surface area (Å²) in [5.41, 5.74) is 9.31. The van der Waals surface area contributed by atoms with Crippen molar-refractivity contribution < 1.29 is 0 Å². The van der Waals surface area contributed by atoms with Gasteiger partial charge in [-0.25, -0.2) is 9.97 Å². The summed E-state index contributed by atoms with van der Waals surface area (Å²) in [5.74, 6) is 0.902. The first kappa shape index (κ1) is 9.59. The standard InChI is InChI=1S/C11H15N5/c1-16-6-13-5-10(16)11-14-8-3-2-7(12)4-9(8)15-11/h5-7H,2-4,12H2,1H3,(H,14,15). The Hall–Kier alpha value is -1.62. The number of aryl methyl sites for hydroxylation is 2. The molecule has 2 aromatic heterocycles. The number of aromatic nitrogens is 4. The highest BCUT2D eigenvalue weighted by Gasteiger charge is 2.20. The van der Waals surface area contributed by atoms with Crippen LogP contribution < -0.4 is 5.73 Å². The summed E-state index contributed by atoms with van der Waals surface area (Å²) in [6.45, 7) is 0. The second-order valence-electron chi connectivity index (χ2n) is 4.40. The van der Waals surface area contributed by atoms with Crippen molar-refractivity contribution in [1.82, 2.24) is 19.5 Å². The highest BCUT2D eigenvalue weighted by Crippen LogP contribution is 2.23. The zero-order chi connectivity index (χ0) is 11.1. The number of nitrogens with two attached hydrogens (primary N) is 1. The Labute approximate surface area is 93.7 Å². The van der Waals surface area contributed by atoms with Gasteiger partial charge in [-0.3, -0.25) is 0 Å². The maximum Gasteiger partial charge on any atom is 0.156 e. The third kappa shape index (κ3) is 1.44. The number of H-pyrrole nitrogens is 1. The first-order valence-electron chi connectivity index (χ1n) is 5.54. The van der Waals surface area contributed by atoms with E-state index in [0.29, 0.717) is 0 Å². The zero-order valence-electron chi connectivity index (χ0n) is 9.27. The molecule has 0 saturated heterocycles. The normalized spacial score (nSPS) is 19.8. The van der Waals surface area contributed by atoms with Crippen LogP contribution in [0.25, 0.3) is 11.5 Å². The van der Waals surface area contributed by atoms with Gasteiger partial charge in [0.05, 0.1) is 18.2 Å². The average Bonchev–Trinajstić information content (AvgIpc) is 2.82. The Morgan fingerprint density at radius 2 is 2.44 bits per heavy atom. The molecule has 2 aromatic rings. The van der Waals surface area contributed by atoms with Crippen LogP contribution in [0.2, 0.25) is 0 Å². The third-order valence-corrected chi connectivity index (χ3v) is 3.14. The molecule has 5 heteroatoms. The number of nitrogens with zero attached hydrogens (tertiary/aromatic N) is 3. The van der Waals surface area contributed by atoms with Gasteiger partial charge in [-0.2, -0.15) is 0 Å². The molecule has 5 nitrogen and oxygen atoms in total. The number of aromatic amines is 1. The van der Waals surface area contributed by atoms with Gasteiger partial charge < -0.3 is 15.3 Å². The number of fused-ring (bicyclic) bond motifs is 1. The van der Waals surface area contributed by atoms with E-state index in [0.717, 1.165) is 36.5 Å². The van der Waals surface area contributed by atoms with Gasteiger partial charge in [-0.15, -0.1) is 0 Å². The van der Waals surface area contributed by atoms with Gasteiger partial charge in [0.25, 0.3) is 0 Å². The van der Waals surface area contributed by atoms with E-state index in [-0.39, 0.29) is 6.04 Å². The summed E-state index contributed by atoms with van der Waals surface area (Å²) in [6, 6.07) is 0.271. The lowest BCUT2D eigenvalue weighted by atomic mass is 9.97. The van der Waals surface area contributed by atoms with Crippen molar-refractivity contribution in [2.75, 3.05) is 0 Å². The lowest BCUT2D eigenvalue weighted by Gasteiger charge is -2.15. The molecule has 3 N–H and O–H groups in total. The summed E-state index contributed by atoms with van der Waals surface area (Å²) in [4.78, 5) is 12.1. The SMILES string of the molecule is Cn1cncc1-c1nc2c([nH]1)CC(N)CC2. The molecule has 0 radical (unpaired) electrons. The molecule has 1 aliphatic rings. The second-order valence-corrected chi connectivity index (χ2v) is 4.40. The Bertz CT molecular complexity index is 510. The first-order valence-corrected chi connectivity index (χ1v) is 5.54. The van der Waals surface area contributed by atoms with Crippen LogP contribution in [0.5, 0.6) is 0 Å². The Kier molecular flexibility index (Phi) is 2.07. The largest absolute Gasteiger partial charge is 0.340 e. The van der Waals surface area contributed by atoms with Gasteiger partial charge in [0.2, 0.25) is 0 Å². The minimum absolute atomic E-state index is 0.271. The van der Waals surface area contributed by atoms with Gasteiger partial charge in [0.15, 0.2) is 5.82 Å². The van der Waals surface area contributed by atoms with E-state index in [2.05, 4.69) is 15.0 Å². The second kappa shape index (κ2) is 3.45. The highest BCUT2D eigenvalue weighted by molar-refractivity contribution is 5.50. The van der Waals surface area contributed by atoms with Crippen molar-refractivity contribution in [1.29, 1.82) is 0 Å². The molecule has 1 atom stereocenters. The molecular formula is C11H15N5. The van der Waals surface area contributed by atoms with Gasteiger partial charge in [0.1, 0.15) is 5.69 Å². The molecule has 1 unspecified atom stereocenters. The zero-order valence-corrected chi connectivity index (χ0v) is 9.27. The fourth-order valence-electron chi connectivity index (χ4n) is 2.21. The minimum atomic E-state index is 0.271. The molecule has 0 fully saturated rings. The van der Waals surface area contributed by atoms with Crippen LogP contribution in [-0.4, -0.2) is 25.6 Å². The van der Waals surface area contributed by atoms with Crippen LogP contribution in [-0.2, 0) is 19.9 Å². The molecule has 84 valence electrons. The molecule has 2 heterocycles. The maximum atomic E-state index is 5.94. The van der Waals surface area contributed by atoms with E-state index in [1.54, 1.807) is 6.33 Å². The number of hydrogen-bond acceptors (Lipinski definition) is 3. The molecule has 0 aromatic carbocycles. The number of imidazole rings is 2. The monoisotopic (exact) mass is 217 g/mol. The van der Waals surface area contributed by atoms with Crippen molar-refractivity contribution in [3.63, 3.8) is 0 Å². The van der Waals surface area contributed by atoms with Crippen molar-refractivity contribution >= 4 is 0 Å². The van der Waals surface area contributed by atoms with Crippen molar-refractivity contribution in [2.24, 2.45) is 12.8 Å². The lowest BCUT2D eigenvalue weighted by Crippen LogP contribution is -2.27. The summed E-state index contributed by atoms with van der Waals surface area (Å²) in [5, 5.41) is 0. The van der Waals surface area contributed by atoms with E-state index >= 15 is 0 Å². The smallest absolute Gasteiger partial charge is 0.156 e. The molecule has 0 saturated carbocycles. The van der Waals surface area contributed by atoms with Crippen LogP contribution in [0.1, 0.15) is 17.8 Å². The van der Waals surface area contributed by atoms with Crippen LogP contribution in [0.3, 0.4) is 0 Å². The van der Waals surface area contributed by atoms with Gasteiger partial charge >= 0.3 is 0 Å². The Morgan fingerprint density at radius 1 is 1.56 bits per heavy atom.